The number of rotatable bonds is 5. The Morgan fingerprint density at radius 2 is 1.92 bits per heavy atom. The predicted molar refractivity (Wildman–Crippen MR) is 53.1 cm³/mol. The van der Waals surface area contributed by atoms with Gasteiger partial charge in [0.05, 0.1) is 5.75 Å². The average Bonchev–Trinajstić information content (AvgIpc) is 1.98. The van der Waals surface area contributed by atoms with Crippen molar-refractivity contribution in [1.82, 2.24) is 0 Å². The zero-order valence-electron chi connectivity index (χ0n) is 8.45. The molecule has 0 aliphatic rings. The summed E-state index contributed by atoms with van der Waals surface area (Å²) < 4.78 is 29.4. The molecule has 0 aromatic rings. The SMILES string of the molecule is CCC(C)(C)C(N)CCS(=O)(=O)O. The monoisotopic (exact) mass is 209 g/mol. The molecular formula is C8H19NO3S. The van der Waals surface area contributed by atoms with Gasteiger partial charge in [-0.15, -0.1) is 0 Å². The molecule has 0 spiro atoms. The molecule has 0 aliphatic carbocycles. The maximum atomic E-state index is 10.5. The molecule has 4 nitrogen and oxygen atoms in total. The Labute approximate surface area is 80.3 Å². The summed E-state index contributed by atoms with van der Waals surface area (Å²) in [7, 11) is -3.87. The predicted octanol–water partition coefficient (Wildman–Crippen LogP) is 1.03. The van der Waals surface area contributed by atoms with Crippen LogP contribution < -0.4 is 5.73 Å². The van der Waals surface area contributed by atoms with Crippen LogP contribution in [0.2, 0.25) is 0 Å². The zero-order chi connectivity index (χ0) is 10.7. The van der Waals surface area contributed by atoms with Gasteiger partial charge in [0.1, 0.15) is 0 Å². The Kier molecular flexibility index (Phi) is 4.35. The highest BCUT2D eigenvalue weighted by atomic mass is 32.2. The highest BCUT2D eigenvalue weighted by Gasteiger charge is 2.25. The van der Waals surface area contributed by atoms with Crippen LogP contribution in [0, 0.1) is 5.41 Å². The molecule has 0 heterocycles. The van der Waals surface area contributed by atoms with Crippen LogP contribution in [0.25, 0.3) is 0 Å². The second-order valence-corrected chi connectivity index (χ2v) is 5.60. The van der Waals surface area contributed by atoms with E-state index in [9.17, 15) is 8.42 Å². The van der Waals surface area contributed by atoms with E-state index in [4.69, 9.17) is 10.3 Å². The lowest BCUT2D eigenvalue weighted by Crippen LogP contribution is -2.38. The van der Waals surface area contributed by atoms with Gasteiger partial charge in [0.25, 0.3) is 10.1 Å². The highest BCUT2D eigenvalue weighted by Crippen LogP contribution is 2.25. The van der Waals surface area contributed by atoms with Gasteiger partial charge >= 0.3 is 0 Å². The van der Waals surface area contributed by atoms with Gasteiger partial charge in [0.15, 0.2) is 0 Å². The molecule has 80 valence electrons. The van der Waals surface area contributed by atoms with E-state index < -0.39 is 10.1 Å². The molecule has 3 N–H and O–H groups in total. The van der Waals surface area contributed by atoms with Crippen LogP contribution in [0.3, 0.4) is 0 Å². The first-order valence-corrected chi connectivity index (χ1v) is 6.00. The number of nitrogens with two attached hydrogens (primary N) is 1. The van der Waals surface area contributed by atoms with Crippen molar-refractivity contribution < 1.29 is 13.0 Å². The van der Waals surface area contributed by atoms with Crippen molar-refractivity contribution >= 4 is 10.1 Å². The maximum absolute atomic E-state index is 10.5. The lowest BCUT2D eigenvalue weighted by Gasteiger charge is -2.29. The van der Waals surface area contributed by atoms with Crippen LogP contribution in [0.4, 0.5) is 0 Å². The average molecular weight is 209 g/mol. The first-order valence-electron chi connectivity index (χ1n) is 4.40. The van der Waals surface area contributed by atoms with Gasteiger partial charge < -0.3 is 5.73 Å². The van der Waals surface area contributed by atoms with E-state index in [-0.39, 0.29) is 17.2 Å². The molecule has 1 atom stereocenters. The minimum absolute atomic E-state index is 0.0787. The van der Waals surface area contributed by atoms with Gasteiger partial charge in [0, 0.05) is 6.04 Å². The lowest BCUT2D eigenvalue weighted by molar-refractivity contribution is 0.268. The maximum Gasteiger partial charge on any atom is 0.264 e. The van der Waals surface area contributed by atoms with Crippen molar-refractivity contribution in [1.29, 1.82) is 0 Å². The Morgan fingerprint density at radius 3 is 2.23 bits per heavy atom. The van der Waals surface area contributed by atoms with Crippen LogP contribution in [0.15, 0.2) is 0 Å². The summed E-state index contributed by atoms with van der Waals surface area (Å²) >= 11 is 0. The van der Waals surface area contributed by atoms with Gasteiger partial charge in [-0.2, -0.15) is 8.42 Å². The Balaban J connectivity index is 4.10. The van der Waals surface area contributed by atoms with E-state index in [1.807, 2.05) is 20.8 Å². The van der Waals surface area contributed by atoms with E-state index in [2.05, 4.69) is 0 Å². The van der Waals surface area contributed by atoms with Crippen molar-refractivity contribution in [2.24, 2.45) is 11.1 Å². The summed E-state index contributed by atoms with van der Waals surface area (Å²) in [6.45, 7) is 5.98. The minimum atomic E-state index is -3.87. The summed E-state index contributed by atoms with van der Waals surface area (Å²) in [6.07, 6.45) is 1.19. The van der Waals surface area contributed by atoms with Crippen molar-refractivity contribution in [3.05, 3.63) is 0 Å². The molecule has 5 heteroatoms. The Bertz CT molecular complexity index is 246. The summed E-state index contributed by atoms with van der Waals surface area (Å²) in [5.74, 6) is -0.252. The lowest BCUT2D eigenvalue weighted by atomic mass is 9.81. The molecule has 0 fully saturated rings. The smallest absolute Gasteiger partial charge is 0.264 e. The highest BCUT2D eigenvalue weighted by molar-refractivity contribution is 7.85. The fraction of sp³-hybridized carbons (Fsp3) is 1.00. The molecule has 0 aromatic heterocycles. The standard InChI is InChI=1S/C8H19NO3S/c1-4-8(2,3)7(9)5-6-13(10,11)12/h7H,4-6,9H2,1-3H3,(H,10,11,12). The molecule has 0 bridgehead atoms. The van der Waals surface area contributed by atoms with E-state index in [1.165, 1.54) is 0 Å². The van der Waals surface area contributed by atoms with Crippen molar-refractivity contribution in [3.63, 3.8) is 0 Å². The number of hydrogen-bond acceptors (Lipinski definition) is 3. The van der Waals surface area contributed by atoms with E-state index in [0.717, 1.165) is 6.42 Å². The summed E-state index contributed by atoms with van der Waals surface area (Å²) in [6, 6.07) is -0.195. The third-order valence-corrected chi connectivity index (χ3v) is 3.35. The van der Waals surface area contributed by atoms with Crippen molar-refractivity contribution in [2.75, 3.05) is 5.75 Å². The van der Waals surface area contributed by atoms with Gasteiger partial charge in [0.2, 0.25) is 0 Å². The fourth-order valence-corrected chi connectivity index (χ4v) is 1.48. The van der Waals surface area contributed by atoms with E-state index in [1.54, 1.807) is 0 Å². The molecule has 0 saturated carbocycles. The van der Waals surface area contributed by atoms with E-state index in [0.29, 0.717) is 6.42 Å². The third kappa shape index (κ3) is 5.23. The van der Waals surface area contributed by atoms with Gasteiger partial charge in [-0.05, 0) is 18.3 Å². The van der Waals surface area contributed by atoms with E-state index >= 15 is 0 Å². The molecule has 1 unspecified atom stereocenters. The number of hydrogen-bond donors (Lipinski definition) is 2. The summed E-state index contributed by atoms with van der Waals surface area (Å²) in [5, 5.41) is 0. The zero-order valence-corrected chi connectivity index (χ0v) is 9.26. The van der Waals surface area contributed by atoms with Crippen LogP contribution in [-0.4, -0.2) is 24.8 Å². The van der Waals surface area contributed by atoms with Crippen LogP contribution in [0.1, 0.15) is 33.6 Å². The molecular weight excluding hydrogens is 190 g/mol. The van der Waals surface area contributed by atoms with Crippen LogP contribution in [0.5, 0.6) is 0 Å². The second kappa shape index (κ2) is 4.39. The summed E-state index contributed by atoms with van der Waals surface area (Å²) in [4.78, 5) is 0. The van der Waals surface area contributed by atoms with Gasteiger partial charge in [-0.25, -0.2) is 0 Å². The largest absolute Gasteiger partial charge is 0.327 e. The topological polar surface area (TPSA) is 80.4 Å². The van der Waals surface area contributed by atoms with Crippen molar-refractivity contribution in [3.8, 4) is 0 Å². The molecule has 0 aliphatic heterocycles. The molecule has 0 aromatic carbocycles. The molecule has 0 amide bonds. The first-order chi connectivity index (χ1) is 5.69. The quantitative estimate of drug-likeness (QED) is 0.663. The van der Waals surface area contributed by atoms with Gasteiger partial charge in [-0.3, -0.25) is 4.55 Å². The normalized spacial score (nSPS) is 15.8. The Hall–Kier alpha value is -0.130. The fourth-order valence-electron chi connectivity index (χ4n) is 0.929. The third-order valence-electron chi connectivity index (χ3n) is 2.60. The van der Waals surface area contributed by atoms with Gasteiger partial charge in [-0.1, -0.05) is 20.8 Å². The minimum Gasteiger partial charge on any atom is -0.327 e. The summed E-state index contributed by atoms with van der Waals surface area (Å²) in [5.41, 5.74) is 5.71. The Morgan fingerprint density at radius 1 is 1.46 bits per heavy atom. The molecule has 0 rings (SSSR count). The second-order valence-electron chi connectivity index (χ2n) is 4.02. The molecule has 0 radical (unpaired) electrons. The first kappa shape index (κ1) is 12.9. The van der Waals surface area contributed by atoms with Crippen molar-refractivity contribution in [2.45, 2.75) is 39.7 Å². The molecule has 0 saturated heterocycles. The van der Waals surface area contributed by atoms with Crippen LogP contribution in [-0.2, 0) is 10.1 Å². The molecule has 13 heavy (non-hydrogen) atoms. The van der Waals surface area contributed by atoms with Crippen LogP contribution >= 0.6 is 0 Å².